The van der Waals surface area contributed by atoms with Gasteiger partial charge in [0.15, 0.2) is 5.75 Å². The molecule has 1 amide bonds. The summed E-state index contributed by atoms with van der Waals surface area (Å²) in [5.74, 6) is 1.73. The zero-order valence-electron chi connectivity index (χ0n) is 15.4. The first-order valence-corrected chi connectivity index (χ1v) is 12.6. The van der Waals surface area contributed by atoms with Gasteiger partial charge < -0.3 is 19.9 Å². The van der Waals surface area contributed by atoms with Crippen molar-refractivity contribution < 1.29 is 19.4 Å². The number of phenolic OH excluding ortho intramolecular Hbond substituents is 1. The first kappa shape index (κ1) is 24.5. The predicted molar refractivity (Wildman–Crippen MR) is 143 cm³/mol. The van der Waals surface area contributed by atoms with E-state index in [0.29, 0.717) is 18.7 Å². The van der Waals surface area contributed by atoms with Gasteiger partial charge in [-0.05, 0) is 147 Å². The van der Waals surface area contributed by atoms with Crippen LogP contribution in [0, 0.1) is 14.3 Å². The van der Waals surface area contributed by atoms with E-state index in [9.17, 15) is 9.90 Å². The SMILES string of the molecule is CC(C)(C)OC(=O)NCCc1cc(I)c(Oc2cc(I)c(O)c(I)c2)c(I)c1. The van der Waals surface area contributed by atoms with Crippen molar-refractivity contribution >= 4 is 96.5 Å². The number of amides is 1. The predicted octanol–water partition coefficient (Wildman–Crippen LogP) is 6.67. The minimum absolute atomic E-state index is 0.269. The molecule has 0 aliphatic heterocycles. The molecular formula is C19H19I4NO4. The Morgan fingerprint density at radius 3 is 2.04 bits per heavy atom. The maximum absolute atomic E-state index is 11.7. The van der Waals surface area contributed by atoms with Gasteiger partial charge >= 0.3 is 6.09 Å². The molecule has 0 heterocycles. The number of aromatic hydroxyl groups is 1. The van der Waals surface area contributed by atoms with Gasteiger partial charge in [-0.15, -0.1) is 0 Å². The number of rotatable bonds is 5. The van der Waals surface area contributed by atoms with Crippen molar-refractivity contribution in [3.8, 4) is 17.2 Å². The molecule has 5 nitrogen and oxygen atoms in total. The van der Waals surface area contributed by atoms with Crippen LogP contribution in [0.1, 0.15) is 26.3 Å². The van der Waals surface area contributed by atoms with Gasteiger partial charge in [0, 0.05) is 6.54 Å². The summed E-state index contributed by atoms with van der Waals surface area (Å²) in [6.45, 7) is 6.01. The van der Waals surface area contributed by atoms with E-state index in [0.717, 1.165) is 25.6 Å². The van der Waals surface area contributed by atoms with Crippen LogP contribution in [0.4, 0.5) is 4.79 Å². The summed E-state index contributed by atoms with van der Waals surface area (Å²) in [5, 5.41) is 12.7. The highest BCUT2D eigenvalue weighted by atomic mass is 127. The van der Waals surface area contributed by atoms with Gasteiger partial charge in [-0.25, -0.2) is 4.79 Å². The number of phenols is 1. The van der Waals surface area contributed by atoms with Crippen molar-refractivity contribution in [2.45, 2.75) is 32.8 Å². The topological polar surface area (TPSA) is 67.8 Å². The number of benzene rings is 2. The highest BCUT2D eigenvalue weighted by Gasteiger charge is 2.16. The van der Waals surface area contributed by atoms with E-state index in [-0.39, 0.29) is 5.75 Å². The number of carbonyl (C=O) groups is 1. The molecule has 28 heavy (non-hydrogen) atoms. The molecule has 2 rings (SSSR count). The van der Waals surface area contributed by atoms with E-state index in [1.807, 2.05) is 45.0 Å². The highest BCUT2D eigenvalue weighted by Crippen LogP contribution is 2.36. The maximum atomic E-state index is 11.7. The second kappa shape index (κ2) is 10.5. The van der Waals surface area contributed by atoms with E-state index in [4.69, 9.17) is 9.47 Å². The Morgan fingerprint density at radius 1 is 1.00 bits per heavy atom. The van der Waals surface area contributed by atoms with Gasteiger partial charge in [0.05, 0.1) is 14.3 Å². The molecule has 0 aliphatic carbocycles. The normalized spacial score (nSPS) is 11.2. The van der Waals surface area contributed by atoms with Crippen LogP contribution in [0.5, 0.6) is 17.2 Å². The third-order valence-electron chi connectivity index (χ3n) is 3.35. The van der Waals surface area contributed by atoms with Gasteiger partial charge in [-0.2, -0.15) is 0 Å². The fourth-order valence-electron chi connectivity index (χ4n) is 2.20. The number of hydrogen-bond acceptors (Lipinski definition) is 4. The molecule has 2 aromatic carbocycles. The van der Waals surface area contributed by atoms with E-state index >= 15 is 0 Å². The lowest BCUT2D eigenvalue weighted by atomic mass is 10.1. The van der Waals surface area contributed by atoms with E-state index in [2.05, 4.69) is 95.7 Å². The van der Waals surface area contributed by atoms with Gasteiger partial charge in [-0.1, -0.05) is 0 Å². The van der Waals surface area contributed by atoms with Crippen LogP contribution in [-0.4, -0.2) is 23.3 Å². The van der Waals surface area contributed by atoms with Crippen LogP contribution in [0.2, 0.25) is 0 Å². The summed E-state index contributed by atoms with van der Waals surface area (Å²) in [7, 11) is 0. The van der Waals surface area contributed by atoms with Gasteiger partial charge in [0.25, 0.3) is 0 Å². The van der Waals surface area contributed by atoms with Crippen LogP contribution >= 0.6 is 90.4 Å². The van der Waals surface area contributed by atoms with Crippen LogP contribution < -0.4 is 10.1 Å². The second-order valence-corrected chi connectivity index (χ2v) is 11.6. The molecule has 0 saturated carbocycles. The van der Waals surface area contributed by atoms with Crippen LogP contribution in [0.25, 0.3) is 0 Å². The molecule has 0 aliphatic rings. The molecule has 0 unspecified atom stereocenters. The van der Waals surface area contributed by atoms with Crippen molar-refractivity contribution in [3.05, 3.63) is 44.1 Å². The van der Waals surface area contributed by atoms with E-state index in [1.54, 1.807) is 0 Å². The Kier molecular flexibility index (Phi) is 9.19. The van der Waals surface area contributed by atoms with Gasteiger partial charge in [0.1, 0.15) is 17.1 Å². The average molecular weight is 833 g/mol. The highest BCUT2D eigenvalue weighted by molar-refractivity contribution is 14.1. The Hall–Kier alpha value is 0.230. The Labute approximate surface area is 219 Å². The van der Waals surface area contributed by atoms with Crippen LogP contribution in [0.3, 0.4) is 0 Å². The largest absolute Gasteiger partial charge is 0.506 e. The summed E-state index contributed by atoms with van der Waals surface area (Å²) in [6, 6.07) is 7.71. The van der Waals surface area contributed by atoms with Gasteiger partial charge in [-0.3, -0.25) is 0 Å². The molecule has 0 aromatic heterocycles. The maximum Gasteiger partial charge on any atom is 0.407 e. The monoisotopic (exact) mass is 833 g/mol. The summed E-state index contributed by atoms with van der Waals surface area (Å²) in [5.41, 5.74) is 0.601. The average Bonchev–Trinajstić information content (AvgIpc) is 2.54. The molecule has 0 saturated heterocycles. The molecule has 2 N–H and O–H groups in total. The standard InChI is InChI=1S/C19H19I4NO4/c1-19(2,3)28-18(26)24-5-4-10-6-14(22)17(15(23)7-10)27-11-8-12(20)16(25)13(21)9-11/h6-9,25H,4-5H2,1-3H3,(H,24,26). The minimum atomic E-state index is -0.502. The van der Waals surface area contributed by atoms with Gasteiger partial charge in [0.2, 0.25) is 0 Å². The molecule has 0 bridgehead atoms. The lowest BCUT2D eigenvalue weighted by Gasteiger charge is -2.19. The molecule has 2 aromatic rings. The smallest absolute Gasteiger partial charge is 0.407 e. The fraction of sp³-hybridized carbons (Fsp3) is 0.316. The first-order valence-electron chi connectivity index (χ1n) is 8.27. The Morgan fingerprint density at radius 2 is 1.54 bits per heavy atom. The number of ether oxygens (including phenoxy) is 2. The second-order valence-electron chi connectivity index (χ2n) is 6.90. The molecule has 152 valence electrons. The number of hydrogen-bond donors (Lipinski definition) is 2. The lowest BCUT2D eigenvalue weighted by molar-refractivity contribution is 0.0528. The molecular weight excluding hydrogens is 814 g/mol. The zero-order chi connectivity index (χ0) is 21.1. The van der Waals surface area contributed by atoms with E-state index in [1.165, 1.54) is 0 Å². The minimum Gasteiger partial charge on any atom is -0.506 e. The number of halogens is 4. The zero-order valence-corrected chi connectivity index (χ0v) is 24.0. The third-order valence-corrected chi connectivity index (χ3v) is 6.60. The Bertz CT molecular complexity index is 835. The van der Waals surface area contributed by atoms with Crippen molar-refractivity contribution in [2.75, 3.05) is 6.54 Å². The Balaban J connectivity index is 2.05. The van der Waals surface area contributed by atoms with Crippen LogP contribution in [-0.2, 0) is 11.2 Å². The lowest BCUT2D eigenvalue weighted by Crippen LogP contribution is -2.33. The quantitative estimate of drug-likeness (QED) is 0.331. The fourth-order valence-corrected chi connectivity index (χ4v) is 6.02. The molecule has 0 fully saturated rings. The number of alkyl carbamates (subject to hydrolysis) is 1. The number of carbonyl (C=O) groups excluding carboxylic acids is 1. The summed E-state index contributed by atoms with van der Waals surface area (Å²) in [6.07, 6.45) is 0.286. The summed E-state index contributed by atoms with van der Waals surface area (Å²) < 4.78 is 14.8. The summed E-state index contributed by atoms with van der Waals surface area (Å²) in [4.78, 5) is 11.7. The van der Waals surface area contributed by atoms with Crippen molar-refractivity contribution in [3.63, 3.8) is 0 Å². The number of nitrogens with one attached hydrogen (secondary N) is 1. The van der Waals surface area contributed by atoms with E-state index < -0.39 is 11.7 Å². The first-order chi connectivity index (χ1) is 13.0. The van der Waals surface area contributed by atoms with Crippen LogP contribution in [0.15, 0.2) is 24.3 Å². The molecule has 0 atom stereocenters. The third kappa shape index (κ3) is 7.49. The van der Waals surface area contributed by atoms with Crippen molar-refractivity contribution in [1.82, 2.24) is 5.32 Å². The molecule has 0 spiro atoms. The molecule has 9 heteroatoms. The van der Waals surface area contributed by atoms with Crippen molar-refractivity contribution in [1.29, 1.82) is 0 Å². The van der Waals surface area contributed by atoms with Crippen molar-refractivity contribution in [2.24, 2.45) is 0 Å². The summed E-state index contributed by atoms with van der Waals surface area (Å²) >= 11 is 8.67. The molecule has 0 radical (unpaired) electrons.